The van der Waals surface area contributed by atoms with Crippen molar-refractivity contribution in [2.45, 2.75) is 38.1 Å². The summed E-state index contributed by atoms with van der Waals surface area (Å²) in [5.74, 6) is 1.05. The Bertz CT molecular complexity index is 562. The molecule has 90 valence electrons. The number of para-hydroxylation sites is 1. The quantitative estimate of drug-likeness (QED) is 0.817. The molecular formula is C14H19N3. The van der Waals surface area contributed by atoms with E-state index in [4.69, 9.17) is 5.73 Å². The van der Waals surface area contributed by atoms with Crippen molar-refractivity contribution < 1.29 is 0 Å². The maximum absolute atomic E-state index is 6.56. The van der Waals surface area contributed by atoms with Crippen molar-refractivity contribution >= 4 is 11.0 Å². The normalized spacial score (nSPS) is 19.0. The molecule has 0 aliphatic heterocycles. The Morgan fingerprint density at radius 1 is 1.29 bits per heavy atom. The Kier molecular flexibility index (Phi) is 2.26. The van der Waals surface area contributed by atoms with Crippen molar-refractivity contribution in [1.82, 2.24) is 9.55 Å². The van der Waals surface area contributed by atoms with Crippen molar-refractivity contribution in [2.75, 3.05) is 0 Å². The maximum atomic E-state index is 6.56. The molecule has 3 rings (SSSR count). The van der Waals surface area contributed by atoms with E-state index < -0.39 is 0 Å². The Hall–Kier alpha value is -1.35. The second-order valence-electron chi connectivity index (χ2n) is 5.25. The zero-order chi connectivity index (χ0) is 12.0. The van der Waals surface area contributed by atoms with Crippen LogP contribution in [0.15, 0.2) is 18.2 Å². The van der Waals surface area contributed by atoms with Crippen LogP contribution in [0.4, 0.5) is 0 Å². The van der Waals surface area contributed by atoms with E-state index in [1.54, 1.807) is 0 Å². The summed E-state index contributed by atoms with van der Waals surface area (Å²) < 4.78 is 2.14. The molecule has 1 saturated carbocycles. The average molecular weight is 229 g/mol. The Labute approximate surface area is 102 Å². The van der Waals surface area contributed by atoms with E-state index in [-0.39, 0.29) is 5.54 Å². The molecule has 1 aromatic carbocycles. The third kappa shape index (κ3) is 1.49. The molecule has 0 unspecified atom stereocenters. The number of hydrogen-bond acceptors (Lipinski definition) is 2. The minimum absolute atomic E-state index is 0.152. The van der Waals surface area contributed by atoms with E-state index in [9.17, 15) is 0 Å². The molecule has 0 amide bonds. The van der Waals surface area contributed by atoms with E-state index in [2.05, 4.69) is 34.8 Å². The highest BCUT2D eigenvalue weighted by Crippen LogP contribution is 2.39. The number of aryl methyl sites for hydroxylation is 2. The molecule has 3 heteroatoms. The summed E-state index contributed by atoms with van der Waals surface area (Å²) in [5, 5.41) is 0. The van der Waals surface area contributed by atoms with Gasteiger partial charge in [-0.05, 0) is 31.4 Å². The van der Waals surface area contributed by atoms with Crippen LogP contribution in [-0.4, -0.2) is 9.55 Å². The van der Waals surface area contributed by atoms with Crippen LogP contribution in [0.1, 0.15) is 37.1 Å². The van der Waals surface area contributed by atoms with E-state index in [1.807, 2.05) is 6.92 Å². The number of hydrogen-bond donors (Lipinski definition) is 1. The summed E-state index contributed by atoms with van der Waals surface area (Å²) in [7, 11) is 2.06. The standard InChI is InChI=1S/C14H19N3/c1-10-16-13-11(14(15)8-3-4-9-14)6-5-7-12(13)17(10)2/h5-7H,3-4,8-9,15H2,1-2H3. The van der Waals surface area contributed by atoms with Gasteiger partial charge in [0.25, 0.3) is 0 Å². The van der Waals surface area contributed by atoms with E-state index in [0.717, 1.165) is 24.2 Å². The van der Waals surface area contributed by atoms with Gasteiger partial charge in [-0.25, -0.2) is 4.98 Å². The molecule has 3 nitrogen and oxygen atoms in total. The summed E-state index contributed by atoms with van der Waals surface area (Å²) in [6, 6.07) is 6.38. The number of fused-ring (bicyclic) bond motifs is 1. The van der Waals surface area contributed by atoms with E-state index in [1.165, 1.54) is 23.9 Å². The van der Waals surface area contributed by atoms with Crippen molar-refractivity contribution in [3.05, 3.63) is 29.6 Å². The first-order valence-corrected chi connectivity index (χ1v) is 6.33. The first-order valence-electron chi connectivity index (χ1n) is 6.33. The zero-order valence-corrected chi connectivity index (χ0v) is 10.5. The molecule has 0 radical (unpaired) electrons. The third-order valence-electron chi connectivity index (χ3n) is 4.17. The lowest BCUT2D eigenvalue weighted by molar-refractivity contribution is 0.465. The number of benzene rings is 1. The second kappa shape index (κ2) is 3.57. The molecule has 1 aliphatic carbocycles. The molecule has 17 heavy (non-hydrogen) atoms. The van der Waals surface area contributed by atoms with Crippen LogP contribution in [0, 0.1) is 6.92 Å². The summed E-state index contributed by atoms with van der Waals surface area (Å²) in [4.78, 5) is 4.69. The molecule has 0 atom stereocenters. The van der Waals surface area contributed by atoms with Gasteiger partial charge in [-0.2, -0.15) is 0 Å². The molecular weight excluding hydrogens is 210 g/mol. The lowest BCUT2D eigenvalue weighted by Gasteiger charge is -2.24. The number of nitrogens with zero attached hydrogens (tertiary/aromatic N) is 2. The van der Waals surface area contributed by atoms with Gasteiger partial charge in [-0.15, -0.1) is 0 Å². The van der Waals surface area contributed by atoms with Gasteiger partial charge in [-0.1, -0.05) is 25.0 Å². The van der Waals surface area contributed by atoms with Crippen LogP contribution in [0.3, 0.4) is 0 Å². The Morgan fingerprint density at radius 3 is 2.71 bits per heavy atom. The number of rotatable bonds is 1. The van der Waals surface area contributed by atoms with Gasteiger partial charge < -0.3 is 10.3 Å². The van der Waals surface area contributed by atoms with Gasteiger partial charge in [0, 0.05) is 12.6 Å². The molecule has 1 aromatic heterocycles. The van der Waals surface area contributed by atoms with Crippen LogP contribution in [-0.2, 0) is 12.6 Å². The number of imidazole rings is 1. The molecule has 1 heterocycles. The fourth-order valence-corrected chi connectivity index (χ4v) is 3.01. The van der Waals surface area contributed by atoms with Gasteiger partial charge in [0.05, 0.1) is 11.0 Å². The molecule has 1 aliphatic rings. The van der Waals surface area contributed by atoms with Gasteiger partial charge in [-0.3, -0.25) is 0 Å². The van der Waals surface area contributed by atoms with Crippen molar-refractivity contribution in [3.8, 4) is 0 Å². The van der Waals surface area contributed by atoms with Crippen LogP contribution in [0.5, 0.6) is 0 Å². The molecule has 1 fully saturated rings. The average Bonchev–Trinajstić information content (AvgIpc) is 2.86. The topological polar surface area (TPSA) is 43.8 Å². The number of aromatic nitrogens is 2. The van der Waals surface area contributed by atoms with Crippen LogP contribution in [0.25, 0.3) is 11.0 Å². The first kappa shape index (κ1) is 10.8. The fourth-order valence-electron chi connectivity index (χ4n) is 3.01. The smallest absolute Gasteiger partial charge is 0.106 e. The highest BCUT2D eigenvalue weighted by atomic mass is 15.1. The van der Waals surface area contributed by atoms with Gasteiger partial charge in [0.2, 0.25) is 0 Å². The van der Waals surface area contributed by atoms with Crippen LogP contribution in [0.2, 0.25) is 0 Å². The minimum Gasteiger partial charge on any atom is -0.331 e. The highest BCUT2D eigenvalue weighted by Gasteiger charge is 2.33. The zero-order valence-electron chi connectivity index (χ0n) is 10.5. The first-order chi connectivity index (χ1) is 8.12. The molecule has 2 N–H and O–H groups in total. The monoisotopic (exact) mass is 229 g/mol. The van der Waals surface area contributed by atoms with Crippen molar-refractivity contribution in [2.24, 2.45) is 12.8 Å². The Morgan fingerprint density at radius 2 is 2.00 bits per heavy atom. The third-order valence-corrected chi connectivity index (χ3v) is 4.17. The summed E-state index contributed by atoms with van der Waals surface area (Å²) in [5.41, 5.74) is 9.92. The van der Waals surface area contributed by atoms with E-state index in [0.29, 0.717) is 0 Å². The predicted molar refractivity (Wildman–Crippen MR) is 69.8 cm³/mol. The number of nitrogens with two attached hydrogens (primary N) is 1. The largest absolute Gasteiger partial charge is 0.331 e. The van der Waals surface area contributed by atoms with Crippen molar-refractivity contribution in [1.29, 1.82) is 0 Å². The molecule has 0 bridgehead atoms. The van der Waals surface area contributed by atoms with Crippen LogP contribution >= 0.6 is 0 Å². The van der Waals surface area contributed by atoms with Crippen molar-refractivity contribution in [3.63, 3.8) is 0 Å². The lowest BCUT2D eigenvalue weighted by Crippen LogP contribution is -2.33. The van der Waals surface area contributed by atoms with Gasteiger partial charge in [0.15, 0.2) is 0 Å². The lowest BCUT2D eigenvalue weighted by atomic mass is 9.88. The molecule has 2 aromatic rings. The summed E-state index contributed by atoms with van der Waals surface area (Å²) >= 11 is 0. The van der Waals surface area contributed by atoms with E-state index >= 15 is 0 Å². The maximum Gasteiger partial charge on any atom is 0.106 e. The SMILES string of the molecule is Cc1nc2c(C3(N)CCCC3)cccc2n1C. The minimum atomic E-state index is -0.152. The fraction of sp³-hybridized carbons (Fsp3) is 0.500. The van der Waals surface area contributed by atoms with Gasteiger partial charge in [0.1, 0.15) is 5.82 Å². The highest BCUT2D eigenvalue weighted by molar-refractivity contribution is 5.80. The Balaban J connectivity index is 2.26. The second-order valence-corrected chi connectivity index (χ2v) is 5.25. The molecule has 0 saturated heterocycles. The molecule has 0 spiro atoms. The summed E-state index contributed by atoms with van der Waals surface area (Å²) in [6.45, 7) is 2.04. The van der Waals surface area contributed by atoms with Crippen LogP contribution < -0.4 is 5.73 Å². The van der Waals surface area contributed by atoms with Gasteiger partial charge >= 0.3 is 0 Å². The summed E-state index contributed by atoms with van der Waals surface area (Å²) in [6.07, 6.45) is 4.64. The predicted octanol–water partition coefficient (Wildman–Crippen LogP) is 2.61.